The zero-order valence-electron chi connectivity index (χ0n) is 11.0. The van der Waals surface area contributed by atoms with Crippen molar-refractivity contribution in [2.24, 2.45) is 5.10 Å². The fraction of sp³-hybridized carbons (Fsp3) is 0.429. The highest BCUT2D eigenvalue weighted by atomic mass is 16.5. The molecule has 1 aromatic rings. The Morgan fingerprint density at radius 1 is 1.26 bits per heavy atom. The fourth-order valence-electron chi connectivity index (χ4n) is 2.48. The number of anilines is 1. The van der Waals surface area contributed by atoms with Crippen LogP contribution in [0.2, 0.25) is 0 Å². The minimum atomic E-state index is -0.131. The molecule has 2 aliphatic rings. The number of hydrazone groups is 1. The Hall–Kier alpha value is -2.04. The van der Waals surface area contributed by atoms with E-state index in [9.17, 15) is 4.79 Å². The van der Waals surface area contributed by atoms with E-state index in [1.54, 1.807) is 7.11 Å². The van der Waals surface area contributed by atoms with E-state index in [0.717, 1.165) is 42.9 Å². The number of methoxy groups -OCH3 is 1. The summed E-state index contributed by atoms with van der Waals surface area (Å²) in [5, 5.41) is 9.34. The highest BCUT2D eigenvalue weighted by molar-refractivity contribution is 6.53. The maximum atomic E-state index is 12.0. The van der Waals surface area contributed by atoms with Gasteiger partial charge in [-0.15, -0.1) is 0 Å². The number of amides is 1. The molecule has 2 aliphatic heterocycles. The molecular formula is C14H17N3O2. The lowest BCUT2D eigenvalue weighted by atomic mass is 10.1. The summed E-state index contributed by atoms with van der Waals surface area (Å²) in [7, 11) is 1.62. The van der Waals surface area contributed by atoms with Gasteiger partial charge in [-0.05, 0) is 37.5 Å². The predicted octanol–water partition coefficient (Wildman–Crippen LogP) is 1.84. The van der Waals surface area contributed by atoms with Crippen LogP contribution in [-0.4, -0.2) is 36.8 Å². The molecule has 1 amide bonds. The van der Waals surface area contributed by atoms with Crippen LogP contribution in [0.15, 0.2) is 23.3 Å². The normalized spacial score (nSPS) is 20.4. The van der Waals surface area contributed by atoms with E-state index in [4.69, 9.17) is 4.74 Å². The van der Waals surface area contributed by atoms with Crippen LogP contribution in [-0.2, 0) is 4.79 Å². The van der Waals surface area contributed by atoms with E-state index in [0.29, 0.717) is 5.71 Å². The molecule has 0 aliphatic carbocycles. The highest BCUT2D eigenvalue weighted by Crippen LogP contribution is 2.28. The average Bonchev–Trinajstić information content (AvgIpc) is 2.76. The maximum Gasteiger partial charge on any atom is 0.276 e. The Bertz CT molecular complexity index is 533. The number of fused-ring (bicyclic) bond motifs is 1. The number of ether oxygens (including phenoxy) is 1. The second kappa shape index (κ2) is 4.91. The van der Waals surface area contributed by atoms with Gasteiger partial charge in [0.05, 0.1) is 12.8 Å². The topological polar surface area (TPSA) is 53.9 Å². The number of rotatable bonds is 2. The van der Waals surface area contributed by atoms with Crippen molar-refractivity contribution in [1.29, 1.82) is 0 Å². The summed E-state index contributed by atoms with van der Waals surface area (Å²) in [6.07, 6.45) is 3.53. The van der Waals surface area contributed by atoms with Gasteiger partial charge in [-0.1, -0.05) is 0 Å². The molecule has 1 aromatic carbocycles. The fourth-order valence-corrected chi connectivity index (χ4v) is 2.48. The molecule has 0 atom stereocenters. The summed E-state index contributed by atoms with van der Waals surface area (Å²) in [5.74, 6) is 0.607. The monoisotopic (exact) mass is 259 g/mol. The molecule has 0 aromatic heterocycles. The summed E-state index contributed by atoms with van der Waals surface area (Å²) in [6.45, 7) is 1.85. The van der Waals surface area contributed by atoms with Crippen molar-refractivity contribution in [3.8, 4) is 5.75 Å². The van der Waals surface area contributed by atoms with Crippen LogP contribution in [0.4, 0.5) is 5.69 Å². The molecule has 1 fully saturated rings. The predicted molar refractivity (Wildman–Crippen MR) is 73.6 cm³/mol. The van der Waals surface area contributed by atoms with E-state index in [1.165, 1.54) is 6.42 Å². The van der Waals surface area contributed by atoms with Gasteiger partial charge in [0.25, 0.3) is 5.91 Å². The van der Waals surface area contributed by atoms with Gasteiger partial charge in [0.1, 0.15) is 5.75 Å². The van der Waals surface area contributed by atoms with Crippen LogP contribution in [0.1, 0.15) is 24.8 Å². The van der Waals surface area contributed by atoms with E-state index < -0.39 is 0 Å². The Balaban J connectivity index is 1.94. The quantitative estimate of drug-likeness (QED) is 0.881. The molecule has 5 nitrogen and oxygen atoms in total. The maximum absolute atomic E-state index is 12.0. The largest absolute Gasteiger partial charge is 0.497 e. The summed E-state index contributed by atoms with van der Waals surface area (Å²) in [5.41, 5.74) is 2.13. The smallest absolute Gasteiger partial charge is 0.276 e. The van der Waals surface area contributed by atoms with Gasteiger partial charge >= 0.3 is 0 Å². The molecule has 1 saturated heterocycles. The molecule has 0 bridgehead atoms. The first-order chi connectivity index (χ1) is 9.28. The molecular weight excluding hydrogens is 242 g/mol. The van der Waals surface area contributed by atoms with Crippen molar-refractivity contribution in [3.05, 3.63) is 23.8 Å². The van der Waals surface area contributed by atoms with E-state index in [-0.39, 0.29) is 5.91 Å². The van der Waals surface area contributed by atoms with Gasteiger partial charge in [0, 0.05) is 18.7 Å². The first-order valence-corrected chi connectivity index (χ1v) is 6.61. The zero-order valence-corrected chi connectivity index (χ0v) is 11.0. The number of nitrogens with zero attached hydrogens (tertiary/aromatic N) is 2. The summed E-state index contributed by atoms with van der Waals surface area (Å²) >= 11 is 0. The van der Waals surface area contributed by atoms with Crippen LogP contribution >= 0.6 is 0 Å². The molecule has 0 unspecified atom stereocenters. The van der Waals surface area contributed by atoms with E-state index in [1.807, 2.05) is 23.2 Å². The number of benzene rings is 1. The third-order valence-electron chi connectivity index (χ3n) is 3.52. The minimum absolute atomic E-state index is 0.131. The standard InChI is InChI=1S/C14H17N3O2/c1-19-10-5-6-12-11(9-10)13(14(18)15-12)16-17-7-3-2-4-8-17/h5-6,9H,2-4,7-8H2,1H3,(H,15,16,18). The van der Waals surface area contributed by atoms with Crippen molar-refractivity contribution in [1.82, 2.24) is 5.01 Å². The third-order valence-corrected chi connectivity index (χ3v) is 3.52. The molecule has 5 heteroatoms. The molecule has 0 saturated carbocycles. The highest BCUT2D eigenvalue weighted by Gasteiger charge is 2.27. The van der Waals surface area contributed by atoms with Crippen molar-refractivity contribution in [2.45, 2.75) is 19.3 Å². The second-order valence-electron chi connectivity index (χ2n) is 4.83. The molecule has 1 N–H and O–H groups in total. The van der Waals surface area contributed by atoms with Gasteiger partial charge in [-0.2, -0.15) is 5.10 Å². The van der Waals surface area contributed by atoms with Gasteiger partial charge in [-0.25, -0.2) is 0 Å². The molecule has 2 heterocycles. The number of carbonyl (C=O) groups is 1. The van der Waals surface area contributed by atoms with Gasteiger partial charge in [-0.3, -0.25) is 9.80 Å². The Kier molecular flexibility index (Phi) is 3.11. The lowest BCUT2D eigenvalue weighted by molar-refractivity contribution is -0.110. The van der Waals surface area contributed by atoms with Crippen molar-refractivity contribution in [2.75, 3.05) is 25.5 Å². The first-order valence-electron chi connectivity index (χ1n) is 6.61. The molecule has 3 rings (SSSR count). The van der Waals surface area contributed by atoms with Crippen LogP contribution in [0.3, 0.4) is 0 Å². The molecule has 0 spiro atoms. The number of carbonyl (C=O) groups excluding carboxylic acids is 1. The summed E-state index contributed by atoms with van der Waals surface area (Å²) in [6, 6.07) is 5.55. The number of hydrogen-bond acceptors (Lipinski definition) is 4. The Morgan fingerprint density at radius 2 is 2.05 bits per heavy atom. The Morgan fingerprint density at radius 3 is 2.79 bits per heavy atom. The lowest BCUT2D eigenvalue weighted by Gasteiger charge is -2.23. The number of hydrogen-bond donors (Lipinski definition) is 1. The van der Waals surface area contributed by atoms with Crippen LogP contribution < -0.4 is 10.1 Å². The van der Waals surface area contributed by atoms with E-state index in [2.05, 4.69) is 10.4 Å². The molecule has 19 heavy (non-hydrogen) atoms. The van der Waals surface area contributed by atoms with E-state index >= 15 is 0 Å². The Labute approximate surface area is 112 Å². The van der Waals surface area contributed by atoms with Gasteiger partial charge < -0.3 is 10.1 Å². The van der Waals surface area contributed by atoms with Crippen molar-refractivity contribution >= 4 is 17.3 Å². The molecule has 100 valence electrons. The van der Waals surface area contributed by atoms with Gasteiger partial charge in [0.2, 0.25) is 0 Å². The zero-order chi connectivity index (χ0) is 13.2. The summed E-state index contributed by atoms with van der Waals surface area (Å²) in [4.78, 5) is 12.0. The van der Waals surface area contributed by atoms with Crippen LogP contribution in [0, 0.1) is 0 Å². The SMILES string of the molecule is COc1ccc2c(c1)C(=NN1CCCCC1)C(=O)N2. The van der Waals surface area contributed by atoms with Crippen molar-refractivity contribution < 1.29 is 9.53 Å². The number of nitrogens with one attached hydrogen (secondary N) is 1. The third kappa shape index (κ3) is 2.28. The van der Waals surface area contributed by atoms with Crippen LogP contribution in [0.5, 0.6) is 5.75 Å². The minimum Gasteiger partial charge on any atom is -0.497 e. The number of piperidine rings is 1. The average molecular weight is 259 g/mol. The second-order valence-corrected chi connectivity index (χ2v) is 4.83. The summed E-state index contributed by atoms with van der Waals surface area (Å²) < 4.78 is 5.21. The molecule has 0 radical (unpaired) electrons. The van der Waals surface area contributed by atoms with Gasteiger partial charge in [0.15, 0.2) is 5.71 Å². The first kappa shape index (κ1) is 12.0. The lowest BCUT2D eigenvalue weighted by Crippen LogP contribution is -2.28. The van der Waals surface area contributed by atoms with Crippen LogP contribution in [0.25, 0.3) is 0 Å². The van der Waals surface area contributed by atoms with Crippen molar-refractivity contribution in [3.63, 3.8) is 0 Å².